The summed E-state index contributed by atoms with van der Waals surface area (Å²) in [4.78, 5) is 39.0. The zero-order valence-corrected chi connectivity index (χ0v) is 14.8. The van der Waals surface area contributed by atoms with Crippen molar-refractivity contribution in [1.29, 1.82) is 0 Å². The van der Waals surface area contributed by atoms with E-state index in [1.165, 1.54) is 10.6 Å². The number of carbonyl (C=O) groups is 2. The molecule has 1 aromatic rings. The maximum atomic E-state index is 12.6. The summed E-state index contributed by atoms with van der Waals surface area (Å²) in [5.41, 5.74) is 0.320. The number of anilines is 1. The molecule has 1 fully saturated rings. The van der Waals surface area contributed by atoms with Crippen molar-refractivity contribution < 1.29 is 9.59 Å². The first kappa shape index (κ1) is 18.2. The molecule has 0 radical (unpaired) electrons. The first-order chi connectivity index (χ1) is 11.5. The molecule has 6 nitrogen and oxygen atoms in total. The van der Waals surface area contributed by atoms with E-state index in [0.717, 1.165) is 45.2 Å². The van der Waals surface area contributed by atoms with E-state index in [2.05, 4.69) is 5.32 Å². The second-order valence-corrected chi connectivity index (χ2v) is 6.41. The summed E-state index contributed by atoms with van der Waals surface area (Å²) in [6.07, 6.45) is 6.15. The highest BCUT2D eigenvalue weighted by Gasteiger charge is 2.21. The number of piperidine rings is 1. The number of pyridine rings is 1. The minimum absolute atomic E-state index is 0.0802. The zero-order chi connectivity index (χ0) is 17.7. The molecular formula is C18H27N3O3. The van der Waals surface area contributed by atoms with Crippen molar-refractivity contribution in [2.24, 2.45) is 13.0 Å². The minimum Gasteiger partial charge on any atom is -0.339 e. The third kappa shape index (κ3) is 4.04. The van der Waals surface area contributed by atoms with Crippen LogP contribution >= 0.6 is 0 Å². The van der Waals surface area contributed by atoms with Gasteiger partial charge in [-0.3, -0.25) is 14.4 Å². The Bertz CT molecular complexity index is 656. The predicted octanol–water partition coefficient (Wildman–Crippen LogP) is 2.39. The van der Waals surface area contributed by atoms with Gasteiger partial charge in [0.25, 0.3) is 11.5 Å². The molecule has 2 amide bonds. The summed E-state index contributed by atoms with van der Waals surface area (Å²) in [6, 6.07) is 1.51. The molecule has 0 unspecified atom stereocenters. The maximum absolute atomic E-state index is 12.6. The van der Waals surface area contributed by atoms with Crippen LogP contribution in [0.1, 0.15) is 56.3 Å². The van der Waals surface area contributed by atoms with Crippen molar-refractivity contribution >= 4 is 17.5 Å². The Labute approximate surface area is 142 Å². The predicted molar refractivity (Wildman–Crippen MR) is 94.1 cm³/mol. The van der Waals surface area contributed by atoms with Gasteiger partial charge in [0.2, 0.25) is 5.91 Å². The molecule has 1 aliphatic rings. The van der Waals surface area contributed by atoms with Gasteiger partial charge in [-0.2, -0.15) is 0 Å². The first-order valence-corrected chi connectivity index (χ1v) is 8.78. The lowest BCUT2D eigenvalue weighted by Gasteiger charge is -2.27. The van der Waals surface area contributed by atoms with E-state index >= 15 is 0 Å². The quantitative estimate of drug-likeness (QED) is 0.899. The molecule has 2 heterocycles. The second-order valence-electron chi connectivity index (χ2n) is 6.41. The summed E-state index contributed by atoms with van der Waals surface area (Å²) in [5.74, 6) is -0.376. The van der Waals surface area contributed by atoms with Gasteiger partial charge in [0.15, 0.2) is 0 Å². The number of hydrogen-bond donors (Lipinski definition) is 1. The SMILES string of the molecule is CCC(CC)C(=O)Nc1cc(C(=O)N2CCCCC2)cn(C)c1=O. The molecule has 0 saturated carbocycles. The average molecular weight is 333 g/mol. The van der Waals surface area contributed by atoms with Crippen LogP contribution in [0.2, 0.25) is 0 Å². The van der Waals surface area contributed by atoms with E-state index in [1.54, 1.807) is 13.2 Å². The molecule has 0 aliphatic carbocycles. The summed E-state index contributed by atoms with van der Waals surface area (Å²) in [6.45, 7) is 5.39. The number of nitrogens with zero attached hydrogens (tertiary/aromatic N) is 2. The summed E-state index contributed by atoms with van der Waals surface area (Å²) < 4.78 is 1.36. The first-order valence-electron chi connectivity index (χ1n) is 8.78. The van der Waals surface area contributed by atoms with Crippen molar-refractivity contribution in [1.82, 2.24) is 9.47 Å². The minimum atomic E-state index is -0.301. The van der Waals surface area contributed by atoms with Crippen LogP contribution in [0.25, 0.3) is 0 Å². The number of hydrogen-bond acceptors (Lipinski definition) is 3. The van der Waals surface area contributed by atoms with Crippen LogP contribution in [0.15, 0.2) is 17.1 Å². The Morgan fingerprint density at radius 3 is 2.38 bits per heavy atom. The number of amides is 2. The lowest BCUT2D eigenvalue weighted by atomic mass is 10.0. The lowest BCUT2D eigenvalue weighted by Crippen LogP contribution is -2.36. The van der Waals surface area contributed by atoms with Crippen LogP contribution in [0.4, 0.5) is 5.69 Å². The molecule has 2 rings (SSSR count). The van der Waals surface area contributed by atoms with E-state index in [9.17, 15) is 14.4 Å². The molecule has 1 N–H and O–H groups in total. The largest absolute Gasteiger partial charge is 0.339 e. The number of aromatic nitrogens is 1. The Hall–Kier alpha value is -2.11. The van der Waals surface area contributed by atoms with E-state index in [1.807, 2.05) is 18.7 Å². The van der Waals surface area contributed by atoms with Gasteiger partial charge in [0.1, 0.15) is 5.69 Å². The number of rotatable bonds is 5. The molecule has 0 spiro atoms. The highest BCUT2D eigenvalue weighted by molar-refractivity contribution is 5.97. The molecule has 0 atom stereocenters. The fraction of sp³-hybridized carbons (Fsp3) is 0.611. The van der Waals surface area contributed by atoms with Crippen LogP contribution in [0, 0.1) is 5.92 Å². The van der Waals surface area contributed by atoms with Crippen LogP contribution in [-0.4, -0.2) is 34.4 Å². The fourth-order valence-electron chi connectivity index (χ4n) is 3.09. The van der Waals surface area contributed by atoms with Crippen molar-refractivity contribution in [3.8, 4) is 0 Å². The van der Waals surface area contributed by atoms with Crippen molar-refractivity contribution in [3.05, 3.63) is 28.2 Å². The average Bonchev–Trinajstić information content (AvgIpc) is 2.60. The molecule has 1 aromatic heterocycles. The highest BCUT2D eigenvalue weighted by Crippen LogP contribution is 2.16. The normalized spacial score (nSPS) is 14.8. The van der Waals surface area contributed by atoms with E-state index in [0.29, 0.717) is 5.56 Å². The molecular weight excluding hydrogens is 306 g/mol. The molecule has 6 heteroatoms. The summed E-state index contributed by atoms with van der Waals surface area (Å²) >= 11 is 0. The molecule has 0 bridgehead atoms. The standard InChI is InChI=1S/C18H27N3O3/c1-4-13(5-2)16(22)19-15-11-14(12-20(3)18(15)24)17(23)21-9-7-6-8-10-21/h11-13H,4-10H2,1-3H3,(H,19,22). The fourth-order valence-corrected chi connectivity index (χ4v) is 3.09. The van der Waals surface area contributed by atoms with Gasteiger partial charge in [-0.1, -0.05) is 13.8 Å². The van der Waals surface area contributed by atoms with Gasteiger partial charge >= 0.3 is 0 Å². The topological polar surface area (TPSA) is 71.4 Å². The van der Waals surface area contributed by atoms with Crippen LogP contribution in [0.3, 0.4) is 0 Å². The van der Waals surface area contributed by atoms with Crippen molar-refractivity contribution in [3.63, 3.8) is 0 Å². The molecule has 24 heavy (non-hydrogen) atoms. The highest BCUT2D eigenvalue weighted by atomic mass is 16.2. The summed E-state index contributed by atoms with van der Waals surface area (Å²) in [7, 11) is 1.60. The molecule has 132 valence electrons. The lowest BCUT2D eigenvalue weighted by molar-refractivity contribution is -0.120. The van der Waals surface area contributed by atoms with Crippen LogP contribution < -0.4 is 10.9 Å². The Balaban J connectivity index is 2.26. The maximum Gasteiger partial charge on any atom is 0.274 e. The van der Waals surface area contributed by atoms with Crippen molar-refractivity contribution in [2.75, 3.05) is 18.4 Å². The number of carbonyl (C=O) groups excluding carboxylic acids is 2. The van der Waals surface area contributed by atoms with Crippen LogP contribution in [0.5, 0.6) is 0 Å². The molecule has 0 aromatic carbocycles. The Morgan fingerprint density at radius 1 is 1.17 bits per heavy atom. The van der Waals surface area contributed by atoms with E-state index in [-0.39, 0.29) is 29.0 Å². The number of aryl methyl sites for hydroxylation is 1. The third-order valence-electron chi connectivity index (χ3n) is 4.69. The number of nitrogens with one attached hydrogen (secondary N) is 1. The second kappa shape index (κ2) is 8.13. The number of likely N-dealkylation sites (tertiary alicyclic amines) is 1. The Morgan fingerprint density at radius 2 is 1.79 bits per heavy atom. The Kier molecular flexibility index (Phi) is 6.17. The monoisotopic (exact) mass is 333 g/mol. The van der Waals surface area contributed by atoms with Gasteiger partial charge in [-0.05, 0) is 38.2 Å². The summed E-state index contributed by atoms with van der Waals surface area (Å²) in [5, 5.41) is 2.71. The van der Waals surface area contributed by atoms with Crippen molar-refractivity contribution in [2.45, 2.75) is 46.0 Å². The zero-order valence-electron chi connectivity index (χ0n) is 14.8. The van der Waals surface area contributed by atoms with Gasteiger partial charge in [0.05, 0.1) is 5.56 Å². The van der Waals surface area contributed by atoms with Gasteiger partial charge in [-0.15, -0.1) is 0 Å². The van der Waals surface area contributed by atoms with Gasteiger partial charge in [-0.25, -0.2) is 0 Å². The smallest absolute Gasteiger partial charge is 0.274 e. The van der Waals surface area contributed by atoms with Gasteiger partial charge in [0, 0.05) is 32.3 Å². The van der Waals surface area contributed by atoms with Crippen LogP contribution in [-0.2, 0) is 11.8 Å². The van der Waals surface area contributed by atoms with Gasteiger partial charge < -0.3 is 14.8 Å². The molecule has 1 aliphatic heterocycles. The third-order valence-corrected chi connectivity index (χ3v) is 4.69. The van der Waals surface area contributed by atoms with E-state index < -0.39 is 0 Å². The molecule has 1 saturated heterocycles. The van der Waals surface area contributed by atoms with E-state index in [4.69, 9.17) is 0 Å².